The van der Waals surface area contributed by atoms with Crippen LogP contribution in [0, 0.1) is 11.8 Å². The molecule has 0 aliphatic heterocycles. The van der Waals surface area contributed by atoms with Gasteiger partial charge in [0.15, 0.2) is 0 Å². The summed E-state index contributed by atoms with van der Waals surface area (Å²) in [6, 6.07) is -0.393. The van der Waals surface area contributed by atoms with E-state index in [1.807, 2.05) is 13.8 Å². The molecule has 0 saturated heterocycles. The molecular weight excluding hydrogens is 254 g/mol. The summed E-state index contributed by atoms with van der Waals surface area (Å²) in [5.41, 5.74) is 0. The van der Waals surface area contributed by atoms with E-state index in [1.165, 1.54) is 19.3 Å². The zero-order valence-electron chi connectivity index (χ0n) is 13.2. The first kappa shape index (κ1) is 17.0. The van der Waals surface area contributed by atoms with Crippen molar-refractivity contribution in [2.75, 3.05) is 6.54 Å². The van der Waals surface area contributed by atoms with E-state index in [1.54, 1.807) is 0 Å². The number of imide groups is 1. The van der Waals surface area contributed by atoms with Crippen molar-refractivity contribution < 1.29 is 9.59 Å². The van der Waals surface area contributed by atoms with E-state index in [9.17, 15) is 9.59 Å². The quantitative estimate of drug-likeness (QED) is 0.723. The van der Waals surface area contributed by atoms with E-state index >= 15 is 0 Å². The first-order chi connectivity index (χ1) is 9.45. The Kier molecular flexibility index (Phi) is 6.99. The lowest BCUT2D eigenvalue weighted by molar-refractivity contribution is -0.122. The lowest BCUT2D eigenvalue weighted by Crippen LogP contribution is -2.53. The molecule has 0 spiro atoms. The molecule has 1 aliphatic rings. The highest BCUT2D eigenvalue weighted by molar-refractivity contribution is 5.96. The third-order valence-corrected chi connectivity index (χ3v) is 4.11. The van der Waals surface area contributed by atoms with Crippen molar-refractivity contribution in [2.45, 2.75) is 65.5 Å². The average molecular weight is 283 g/mol. The van der Waals surface area contributed by atoms with Crippen LogP contribution in [0.2, 0.25) is 0 Å². The van der Waals surface area contributed by atoms with E-state index < -0.39 is 6.03 Å². The van der Waals surface area contributed by atoms with Gasteiger partial charge >= 0.3 is 6.03 Å². The predicted molar refractivity (Wildman–Crippen MR) is 80.4 cm³/mol. The summed E-state index contributed by atoms with van der Waals surface area (Å²) >= 11 is 0. The molecule has 3 amide bonds. The predicted octanol–water partition coefficient (Wildman–Crippen LogP) is 2.02. The minimum absolute atomic E-state index is 0.260. The first-order valence-corrected chi connectivity index (χ1v) is 7.80. The minimum atomic E-state index is -0.421. The van der Waals surface area contributed by atoms with Gasteiger partial charge in [0.05, 0.1) is 6.04 Å². The highest BCUT2D eigenvalue weighted by atomic mass is 16.2. The molecule has 0 bridgehead atoms. The Hall–Kier alpha value is -1.10. The topological polar surface area (TPSA) is 70.2 Å². The van der Waals surface area contributed by atoms with E-state index in [4.69, 9.17) is 0 Å². The summed E-state index contributed by atoms with van der Waals surface area (Å²) in [4.78, 5) is 23.3. The number of amides is 3. The van der Waals surface area contributed by atoms with Gasteiger partial charge in [0.1, 0.15) is 0 Å². The average Bonchev–Trinajstić information content (AvgIpc) is 2.39. The highest BCUT2D eigenvalue weighted by Gasteiger charge is 2.29. The van der Waals surface area contributed by atoms with Crippen LogP contribution in [0.15, 0.2) is 0 Å². The van der Waals surface area contributed by atoms with Crippen LogP contribution in [-0.2, 0) is 4.79 Å². The Morgan fingerprint density at radius 1 is 1.15 bits per heavy atom. The Balaban J connectivity index is 2.48. The molecule has 5 heteroatoms. The van der Waals surface area contributed by atoms with E-state index in [0.29, 0.717) is 24.4 Å². The van der Waals surface area contributed by atoms with Crippen molar-refractivity contribution in [2.24, 2.45) is 11.8 Å². The molecule has 1 aliphatic carbocycles. The molecule has 0 aromatic heterocycles. The molecule has 3 unspecified atom stereocenters. The SMILES string of the molecule is CCNC(=O)NC(=O)C(C)NC1CCCCC1C(C)C. The van der Waals surface area contributed by atoms with Crippen LogP contribution in [0.5, 0.6) is 0 Å². The monoisotopic (exact) mass is 283 g/mol. The number of rotatable bonds is 5. The molecule has 0 radical (unpaired) electrons. The van der Waals surface area contributed by atoms with Gasteiger partial charge in [-0.3, -0.25) is 10.1 Å². The molecule has 20 heavy (non-hydrogen) atoms. The van der Waals surface area contributed by atoms with E-state index in [2.05, 4.69) is 29.8 Å². The summed E-state index contributed by atoms with van der Waals surface area (Å²) in [6.45, 7) is 8.63. The summed E-state index contributed by atoms with van der Waals surface area (Å²) < 4.78 is 0. The van der Waals surface area contributed by atoms with Crippen molar-refractivity contribution in [3.05, 3.63) is 0 Å². The third kappa shape index (κ3) is 5.12. The first-order valence-electron chi connectivity index (χ1n) is 7.80. The van der Waals surface area contributed by atoms with Crippen LogP contribution in [0.1, 0.15) is 53.4 Å². The van der Waals surface area contributed by atoms with Gasteiger partial charge in [0.25, 0.3) is 0 Å². The Bertz CT molecular complexity index is 331. The standard InChI is InChI=1S/C15H29N3O2/c1-5-16-15(20)18-14(19)11(4)17-13-9-7-6-8-12(13)10(2)3/h10-13,17H,5-9H2,1-4H3,(H2,16,18,19,20). The van der Waals surface area contributed by atoms with Gasteiger partial charge in [0, 0.05) is 12.6 Å². The largest absolute Gasteiger partial charge is 0.338 e. The second kappa shape index (κ2) is 8.25. The number of nitrogens with one attached hydrogen (secondary N) is 3. The maximum atomic E-state index is 11.9. The van der Waals surface area contributed by atoms with Gasteiger partial charge in [-0.25, -0.2) is 4.79 Å². The normalized spacial score (nSPS) is 24.2. The fraction of sp³-hybridized carbons (Fsp3) is 0.867. The Labute approximate surface area is 122 Å². The highest BCUT2D eigenvalue weighted by Crippen LogP contribution is 2.30. The zero-order chi connectivity index (χ0) is 15.1. The van der Waals surface area contributed by atoms with Gasteiger partial charge in [-0.15, -0.1) is 0 Å². The molecule has 0 aromatic rings. The second-order valence-electron chi connectivity index (χ2n) is 6.04. The third-order valence-electron chi connectivity index (χ3n) is 4.11. The van der Waals surface area contributed by atoms with Crippen molar-refractivity contribution in [3.8, 4) is 0 Å². The molecule has 5 nitrogen and oxygen atoms in total. The number of carbonyl (C=O) groups is 2. The van der Waals surface area contributed by atoms with E-state index in [0.717, 1.165) is 6.42 Å². The van der Waals surface area contributed by atoms with Crippen LogP contribution < -0.4 is 16.0 Å². The summed E-state index contributed by atoms with van der Waals surface area (Å²) in [5, 5.41) is 8.33. The molecule has 1 rings (SSSR count). The smallest absolute Gasteiger partial charge is 0.321 e. The van der Waals surface area contributed by atoms with Crippen molar-refractivity contribution in [3.63, 3.8) is 0 Å². The van der Waals surface area contributed by atoms with Crippen LogP contribution in [0.4, 0.5) is 4.79 Å². The number of hydrogen-bond donors (Lipinski definition) is 3. The lowest BCUT2D eigenvalue weighted by Gasteiger charge is -2.36. The van der Waals surface area contributed by atoms with Gasteiger partial charge in [-0.1, -0.05) is 26.7 Å². The number of urea groups is 1. The molecule has 0 aromatic carbocycles. The molecule has 3 atom stereocenters. The number of carbonyl (C=O) groups excluding carboxylic acids is 2. The summed E-state index contributed by atoms with van der Waals surface area (Å²) in [6.07, 6.45) is 4.83. The van der Waals surface area contributed by atoms with Crippen molar-refractivity contribution in [1.82, 2.24) is 16.0 Å². The molecule has 3 N–H and O–H groups in total. The van der Waals surface area contributed by atoms with Crippen molar-refractivity contribution in [1.29, 1.82) is 0 Å². The Morgan fingerprint density at radius 2 is 1.80 bits per heavy atom. The van der Waals surface area contributed by atoms with Crippen LogP contribution >= 0.6 is 0 Å². The molecule has 116 valence electrons. The van der Waals surface area contributed by atoms with Gasteiger partial charge < -0.3 is 10.6 Å². The Morgan fingerprint density at radius 3 is 2.40 bits per heavy atom. The maximum Gasteiger partial charge on any atom is 0.321 e. The number of hydrogen-bond acceptors (Lipinski definition) is 3. The van der Waals surface area contributed by atoms with Gasteiger partial charge in [-0.2, -0.15) is 0 Å². The van der Waals surface area contributed by atoms with Gasteiger partial charge in [0.2, 0.25) is 5.91 Å². The summed E-state index contributed by atoms with van der Waals surface area (Å²) in [7, 11) is 0. The van der Waals surface area contributed by atoms with Gasteiger partial charge in [-0.05, 0) is 38.5 Å². The molecule has 1 fully saturated rings. The zero-order valence-corrected chi connectivity index (χ0v) is 13.2. The lowest BCUT2D eigenvalue weighted by atomic mass is 9.77. The van der Waals surface area contributed by atoms with E-state index in [-0.39, 0.29) is 11.9 Å². The van der Waals surface area contributed by atoms with Crippen LogP contribution in [0.25, 0.3) is 0 Å². The molecule has 1 saturated carbocycles. The van der Waals surface area contributed by atoms with Crippen LogP contribution in [0.3, 0.4) is 0 Å². The van der Waals surface area contributed by atoms with Crippen molar-refractivity contribution >= 4 is 11.9 Å². The van der Waals surface area contributed by atoms with Crippen LogP contribution in [-0.4, -0.2) is 30.6 Å². The molecular formula is C15H29N3O2. The summed E-state index contributed by atoms with van der Waals surface area (Å²) in [5.74, 6) is 0.971. The molecule has 0 heterocycles. The fourth-order valence-electron chi connectivity index (χ4n) is 2.99. The maximum absolute atomic E-state index is 11.9. The minimum Gasteiger partial charge on any atom is -0.338 e. The second-order valence-corrected chi connectivity index (χ2v) is 6.04. The fourth-order valence-corrected chi connectivity index (χ4v) is 2.99.